The highest BCUT2D eigenvalue weighted by Gasteiger charge is 2.14. The van der Waals surface area contributed by atoms with Crippen LogP contribution in [0.5, 0.6) is 0 Å². The first-order valence-corrected chi connectivity index (χ1v) is 8.48. The van der Waals surface area contributed by atoms with Crippen molar-refractivity contribution >= 4 is 17.7 Å². The number of carbonyl (C=O) groups excluding carboxylic acids is 1. The smallest absolute Gasteiger partial charge is 0.220 e. The number of piperidine rings is 1. The number of amides is 1. The Morgan fingerprint density at radius 1 is 1.50 bits per heavy atom. The lowest BCUT2D eigenvalue weighted by Gasteiger charge is -2.23. The van der Waals surface area contributed by atoms with Crippen LogP contribution in [0.25, 0.3) is 0 Å². The summed E-state index contributed by atoms with van der Waals surface area (Å²) in [5, 5.41) is 6.58. The second-order valence-corrected chi connectivity index (χ2v) is 6.53. The highest BCUT2D eigenvalue weighted by atomic mass is 32.2. The van der Waals surface area contributed by atoms with Gasteiger partial charge in [0, 0.05) is 18.5 Å². The van der Waals surface area contributed by atoms with Crippen molar-refractivity contribution in [3.05, 3.63) is 0 Å². The van der Waals surface area contributed by atoms with Crippen LogP contribution in [0, 0.1) is 0 Å². The van der Waals surface area contributed by atoms with Crippen LogP contribution < -0.4 is 10.6 Å². The second-order valence-electron chi connectivity index (χ2n) is 5.14. The molecule has 0 spiro atoms. The normalized spacial score (nSPS) is 21.6. The van der Waals surface area contributed by atoms with Crippen LogP contribution in [0.15, 0.2) is 0 Å². The number of hydrogen-bond acceptors (Lipinski definition) is 3. The zero-order valence-corrected chi connectivity index (χ0v) is 12.7. The average Bonchev–Trinajstić information content (AvgIpc) is 2.38. The van der Waals surface area contributed by atoms with Crippen molar-refractivity contribution in [2.24, 2.45) is 0 Å². The molecule has 1 rings (SSSR count). The molecule has 0 aromatic heterocycles. The SMILES string of the molecule is CCSCCC(C)NC(=O)CCC1CCCCN1. The molecule has 0 bridgehead atoms. The summed E-state index contributed by atoms with van der Waals surface area (Å²) < 4.78 is 0. The van der Waals surface area contributed by atoms with E-state index in [4.69, 9.17) is 0 Å². The monoisotopic (exact) mass is 272 g/mol. The summed E-state index contributed by atoms with van der Waals surface area (Å²) in [7, 11) is 0. The minimum absolute atomic E-state index is 0.219. The maximum Gasteiger partial charge on any atom is 0.220 e. The summed E-state index contributed by atoms with van der Waals surface area (Å²) in [5.74, 6) is 2.52. The van der Waals surface area contributed by atoms with Gasteiger partial charge in [-0.2, -0.15) is 11.8 Å². The van der Waals surface area contributed by atoms with Gasteiger partial charge in [0.1, 0.15) is 0 Å². The van der Waals surface area contributed by atoms with Crippen LogP contribution >= 0.6 is 11.8 Å². The van der Waals surface area contributed by atoms with Crippen LogP contribution in [-0.2, 0) is 4.79 Å². The van der Waals surface area contributed by atoms with E-state index in [0.717, 1.165) is 30.9 Å². The summed E-state index contributed by atoms with van der Waals surface area (Å²) in [5.41, 5.74) is 0. The van der Waals surface area contributed by atoms with E-state index in [1.54, 1.807) is 0 Å². The molecular weight excluding hydrogens is 244 g/mol. The Balaban J connectivity index is 2.05. The first-order valence-electron chi connectivity index (χ1n) is 7.33. The first-order chi connectivity index (χ1) is 8.72. The Bertz CT molecular complexity index is 230. The van der Waals surface area contributed by atoms with Gasteiger partial charge in [-0.1, -0.05) is 13.3 Å². The van der Waals surface area contributed by atoms with Gasteiger partial charge in [0.15, 0.2) is 0 Å². The Kier molecular flexibility index (Phi) is 8.51. The van der Waals surface area contributed by atoms with Gasteiger partial charge in [0.05, 0.1) is 0 Å². The minimum atomic E-state index is 0.219. The molecule has 0 aromatic carbocycles. The number of carbonyl (C=O) groups is 1. The van der Waals surface area contributed by atoms with E-state index >= 15 is 0 Å². The molecule has 1 heterocycles. The first kappa shape index (κ1) is 15.8. The summed E-state index contributed by atoms with van der Waals surface area (Å²) in [6.07, 6.45) is 6.56. The molecule has 106 valence electrons. The zero-order valence-electron chi connectivity index (χ0n) is 11.8. The number of thioether (sulfide) groups is 1. The summed E-state index contributed by atoms with van der Waals surface area (Å²) in [6.45, 7) is 5.40. The van der Waals surface area contributed by atoms with Crippen LogP contribution in [0.3, 0.4) is 0 Å². The summed E-state index contributed by atoms with van der Waals surface area (Å²) in [4.78, 5) is 11.8. The largest absolute Gasteiger partial charge is 0.354 e. The van der Waals surface area contributed by atoms with E-state index in [1.165, 1.54) is 19.3 Å². The van der Waals surface area contributed by atoms with Crippen molar-refractivity contribution in [2.45, 2.75) is 64.5 Å². The Morgan fingerprint density at radius 2 is 2.33 bits per heavy atom. The van der Waals surface area contributed by atoms with E-state index in [2.05, 4.69) is 24.5 Å². The van der Waals surface area contributed by atoms with Crippen molar-refractivity contribution in [3.63, 3.8) is 0 Å². The van der Waals surface area contributed by atoms with E-state index in [1.807, 2.05) is 11.8 Å². The van der Waals surface area contributed by atoms with Gasteiger partial charge in [-0.05, 0) is 50.7 Å². The Morgan fingerprint density at radius 3 is 3.00 bits per heavy atom. The lowest BCUT2D eigenvalue weighted by molar-refractivity contribution is -0.121. The fourth-order valence-electron chi connectivity index (χ4n) is 2.30. The highest BCUT2D eigenvalue weighted by molar-refractivity contribution is 7.99. The van der Waals surface area contributed by atoms with Crippen molar-refractivity contribution < 1.29 is 4.79 Å². The molecule has 1 aliphatic heterocycles. The summed E-state index contributed by atoms with van der Waals surface area (Å²) in [6, 6.07) is 0.881. The molecule has 0 saturated carbocycles. The van der Waals surface area contributed by atoms with Gasteiger partial charge in [0.25, 0.3) is 0 Å². The van der Waals surface area contributed by atoms with E-state index < -0.39 is 0 Å². The zero-order chi connectivity index (χ0) is 13.2. The molecule has 3 nitrogen and oxygen atoms in total. The molecule has 1 saturated heterocycles. The molecule has 2 N–H and O–H groups in total. The van der Waals surface area contributed by atoms with Crippen LogP contribution in [-0.4, -0.2) is 36.0 Å². The molecule has 2 unspecified atom stereocenters. The van der Waals surface area contributed by atoms with Gasteiger partial charge in [-0.25, -0.2) is 0 Å². The van der Waals surface area contributed by atoms with E-state index in [0.29, 0.717) is 18.5 Å². The van der Waals surface area contributed by atoms with Crippen molar-refractivity contribution in [1.82, 2.24) is 10.6 Å². The minimum Gasteiger partial charge on any atom is -0.354 e. The fraction of sp³-hybridized carbons (Fsp3) is 0.929. The predicted octanol–water partition coefficient (Wildman–Crippen LogP) is 2.56. The summed E-state index contributed by atoms with van der Waals surface area (Å²) >= 11 is 1.94. The second kappa shape index (κ2) is 9.68. The maximum atomic E-state index is 11.8. The number of hydrogen-bond donors (Lipinski definition) is 2. The van der Waals surface area contributed by atoms with Crippen molar-refractivity contribution in [3.8, 4) is 0 Å². The molecule has 4 heteroatoms. The fourth-order valence-corrected chi connectivity index (χ4v) is 3.11. The topological polar surface area (TPSA) is 41.1 Å². The average molecular weight is 272 g/mol. The van der Waals surface area contributed by atoms with Gasteiger partial charge < -0.3 is 10.6 Å². The van der Waals surface area contributed by atoms with Gasteiger partial charge in [-0.15, -0.1) is 0 Å². The molecule has 2 atom stereocenters. The van der Waals surface area contributed by atoms with Crippen LogP contribution in [0.4, 0.5) is 0 Å². The van der Waals surface area contributed by atoms with Crippen molar-refractivity contribution in [2.75, 3.05) is 18.1 Å². The molecule has 18 heavy (non-hydrogen) atoms. The number of rotatable bonds is 8. The third-order valence-corrected chi connectivity index (χ3v) is 4.37. The molecule has 0 radical (unpaired) electrons. The standard InChI is InChI=1S/C14H28N2OS/c1-3-18-11-9-12(2)16-14(17)8-7-13-6-4-5-10-15-13/h12-13,15H,3-11H2,1-2H3,(H,16,17). The van der Waals surface area contributed by atoms with Crippen LogP contribution in [0.1, 0.15) is 52.4 Å². The quantitative estimate of drug-likeness (QED) is 0.667. The Hall–Kier alpha value is -0.220. The molecular formula is C14H28N2OS. The van der Waals surface area contributed by atoms with Gasteiger partial charge in [-0.3, -0.25) is 4.79 Å². The van der Waals surface area contributed by atoms with E-state index in [-0.39, 0.29) is 5.91 Å². The highest BCUT2D eigenvalue weighted by Crippen LogP contribution is 2.11. The predicted molar refractivity (Wildman–Crippen MR) is 80.1 cm³/mol. The lowest BCUT2D eigenvalue weighted by atomic mass is 10.0. The molecule has 0 aliphatic carbocycles. The van der Waals surface area contributed by atoms with Crippen molar-refractivity contribution in [1.29, 1.82) is 0 Å². The van der Waals surface area contributed by atoms with Gasteiger partial charge >= 0.3 is 0 Å². The van der Waals surface area contributed by atoms with Gasteiger partial charge in [0.2, 0.25) is 5.91 Å². The Labute approximate surface area is 116 Å². The molecule has 1 fully saturated rings. The molecule has 1 aliphatic rings. The third kappa shape index (κ3) is 7.27. The molecule has 0 aromatic rings. The van der Waals surface area contributed by atoms with E-state index in [9.17, 15) is 4.79 Å². The lowest BCUT2D eigenvalue weighted by Crippen LogP contribution is -2.37. The third-order valence-electron chi connectivity index (χ3n) is 3.44. The van der Waals surface area contributed by atoms with Crippen LogP contribution in [0.2, 0.25) is 0 Å². The number of nitrogens with one attached hydrogen (secondary N) is 2. The molecule has 1 amide bonds. The maximum absolute atomic E-state index is 11.8.